The Hall–Kier alpha value is -2.60. The molecule has 0 radical (unpaired) electrons. The number of benzene rings is 1. The van der Waals surface area contributed by atoms with Gasteiger partial charge in [0.2, 0.25) is 5.91 Å². The molecule has 0 saturated carbocycles. The fraction of sp³-hybridized carbons (Fsp3) is 0.294. The van der Waals surface area contributed by atoms with E-state index in [9.17, 15) is 9.59 Å². The van der Waals surface area contributed by atoms with Gasteiger partial charge in [-0.1, -0.05) is 12.1 Å². The molecule has 120 valence electrons. The molecule has 0 bridgehead atoms. The summed E-state index contributed by atoms with van der Waals surface area (Å²) in [7, 11) is 1.57. The van der Waals surface area contributed by atoms with E-state index in [2.05, 4.69) is 0 Å². The number of rotatable bonds is 4. The first-order valence-corrected chi connectivity index (χ1v) is 7.36. The summed E-state index contributed by atoms with van der Waals surface area (Å²) >= 11 is 0. The highest BCUT2D eigenvalue weighted by molar-refractivity contribution is 5.98. The van der Waals surface area contributed by atoms with Crippen molar-refractivity contribution in [3.63, 3.8) is 0 Å². The van der Waals surface area contributed by atoms with Crippen molar-refractivity contribution in [2.24, 2.45) is 5.73 Å². The lowest BCUT2D eigenvalue weighted by molar-refractivity contribution is -0.121. The third-order valence-corrected chi connectivity index (χ3v) is 4.15. The maximum atomic E-state index is 12.8. The van der Waals surface area contributed by atoms with E-state index in [0.29, 0.717) is 18.5 Å². The first kappa shape index (κ1) is 15.3. The predicted molar refractivity (Wildman–Crippen MR) is 83.6 cm³/mol. The normalized spacial score (nSPS) is 20.7. The fourth-order valence-electron chi connectivity index (χ4n) is 2.89. The van der Waals surface area contributed by atoms with Crippen LogP contribution in [0, 0.1) is 0 Å². The van der Waals surface area contributed by atoms with Crippen LogP contribution in [0.1, 0.15) is 16.8 Å². The number of hydrogen-bond donors (Lipinski definition) is 1. The highest BCUT2D eigenvalue weighted by atomic mass is 16.5. The van der Waals surface area contributed by atoms with Crippen LogP contribution in [0.4, 0.5) is 0 Å². The highest BCUT2D eigenvalue weighted by Gasteiger charge is 2.39. The van der Waals surface area contributed by atoms with Crippen LogP contribution in [0.15, 0.2) is 47.3 Å². The number of likely N-dealkylation sites (tertiary alicyclic amines) is 1. The van der Waals surface area contributed by atoms with Crippen molar-refractivity contribution in [3.8, 4) is 11.1 Å². The monoisotopic (exact) mass is 314 g/mol. The molecule has 6 nitrogen and oxygen atoms in total. The van der Waals surface area contributed by atoms with Gasteiger partial charge >= 0.3 is 0 Å². The minimum atomic E-state index is -0.634. The molecule has 1 aromatic carbocycles. The molecule has 2 heterocycles. The zero-order valence-electron chi connectivity index (χ0n) is 12.8. The van der Waals surface area contributed by atoms with Crippen LogP contribution in [-0.4, -0.2) is 42.5 Å². The molecule has 2 aromatic rings. The summed E-state index contributed by atoms with van der Waals surface area (Å²) in [6.07, 6.45) is 3.45. The number of nitrogens with zero attached hydrogens (tertiary/aromatic N) is 1. The summed E-state index contributed by atoms with van der Waals surface area (Å²) in [4.78, 5) is 25.9. The van der Waals surface area contributed by atoms with Gasteiger partial charge in [-0.3, -0.25) is 9.59 Å². The second kappa shape index (κ2) is 6.26. The van der Waals surface area contributed by atoms with E-state index in [4.69, 9.17) is 14.9 Å². The lowest BCUT2D eigenvalue weighted by Gasteiger charge is -2.22. The van der Waals surface area contributed by atoms with E-state index < -0.39 is 11.9 Å². The molecule has 0 unspecified atom stereocenters. The van der Waals surface area contributed by atoms with Gasteiger partial charge in [0, 0.05) is 31.2 Å². The van der Waals surface area contributed by atoms with Gasteiger partial charge in [-0.15, -0.1) is 0 Å². The Morgan fingerprint density at radius 3 is 2.78 bits per heavy atom. The average molecular weight is 314 g/mol. The Kier molecular flexibility index (Phi) is 4.16. The maximum Gasteiger partial charge on any atom is 0.254 e. The summed E-state index contributed by atoms with van der Waals surface area (Å²) in [5.41, 5.74) is 7.70. The summed E-state index contributed by atoms with van der Waals surface area (Å²) in [5.74, 6) is -0.734. The van der Waals surface area contributed by atoms with Gasteiger partial charge in [-0.2, -0.15) is 0 Å². The molecule has 1 aromatic heterocycles. The molecular formula is C17H18N2O4. The molecular weight excluding hydrogens is 296 g/mol. The molecule has 6 heteroatoms. The van der Waals surface area contributed by atoms with Crippen molar-refractivity contribution < 1.29 is 18.7 Å². The summed E-state index contributed by atoms with van der Waals surface area (Å²) in [5, 5.41) is 0. The van der Waals surface area contributed by atoms with E-state index in [-0.39, 0.29) is 12.0 Å². The number of carbonyl (C=O) groups is 2. The predicted octanol–water partition coefficient (Wildman–Crippen LogP) is 1.66. The molecule has 0 aliphatic carbocycles. The Balaban J connectivity index is 1.88. The van der Waals surface area contributed by atoms with Crippen LogP contribution in [0.25, 0.3) is 11.1 Å². The zero-order chi connectivity index (χ0) is 16.4. The Morgan fingerprint density at radius 2 is 2.13 bits per heavy atom. The number of primary amides is 1. The van der Waals surface area contributed by atoms with Crippen molar-refractivity contribution in [2.45, 2.75) is 18.6 Å². The minimum absolute atomic E-state index is 0.173. The number of amides is 2. The summed E-state index contributed by atoms with van der Waals surface area (Å²) in [6, 6.07) is 8.40. The van der Waals surface area contributed by atoms with Crippen molar-refractivity contribution in [2.75, 3.05) is 13.7 Å². The van der Waals surface area contributed by atoms with E-state index >= 15 is 0 Å². The molecule has 1 saturated heterocycles. The maximum absolute atomic E-state index is 12.8. The van der Waals surface area contributed by atoms with Crippen molar-refractivity contribution >= 4 is 11.8 Å². The van der Waals surface area contributed by atoms with Gasteiger partial charge < -0.3 is 19.8 Å². The van der Waals surface area contributed by atoms with E-state index in [1.165, 1.54) is 4.90 Å². The number of carbonyl (C=O) groups excluding carboxylic acids is 2. The smallest absolute Gasteiger partial charge is 0.254 e. The molecule has 2 atom stereocenters. The molecule has 1 aliphatic heterocycles. The molecule has 0 spiro atoms. The first-order valence-electron chi connectivity index (χ1n) is 7.36. The lowest BCUT2D eigenvalue weighted by Crippen LogP contribution is -2.43. The molecule has 2 amide bonds. The highest BCUT2D eigenvalue weighted by Crippen LogP contribution is 2.25. The summed E-state index contributed by atoms with van der Waals surface area (Å²) in [6.45, 7) is 0.360. The zero-order valence-corrected chi connectivity index (χ0v) is 12.8. The van der Waals surface area contributed by atoms with Crippen molar-refractivity contribution in [3.05, 3.63) is 48.4 Å². The lowest BCUT2D eigenvalue weighted by atomic mass is 10.0. The second-order valence-corrected chi connectivity index (χ2v) is 5.56. The quantitative estimate of drug-likeness (QED) is 0.930. The summed E-state index contributed by atoms with van der Waals surface area (Å²) < 4.78 is 10.3. The van der Waals surface area contributed by atoms with Gasteiger partial charge in [0.1, 0.15) is 6.04 Å². The van der Waals surface area contributed by atoms with Gasteiger partial charge in [-0.05, 0) is 23.8 Å². The third kappa shape index (κ3) is 2.98. The van der Waals surface area contributed by atoms with E-state index in [1.807, 2.05) is 12.1 Å². The van der Waals surface area contributed by atoms with E-state index in [0.717, 1.165) is 11.1 Å². The molecule has 3 rings (SSSR count). The standard InChI is InChI=1S/C17H18N2O4/c1-22-14-8-15(16(18)20)19(9-14)17(21)12-4-2-3-11(7-12)13-5-6-23-10-13/h2-7,10,14-15H,8-9H2,1H3,(H2,18,20)/t14-,15-/m0/s1. The van der Waals surface area contributed by atoms with Crippen molar-refractivity contribution in [1.82, 2.24) is 4.90 Å². The average Bonchev–Trinajstić information content (AvgIpc) is 3.23. The molecule has 1 aliphatic rings. The van der Waals surface area contributed by atoms with Gasteiger partial charge in [0.25, 0.3) is 5.91 Å². The van der Waals surface area contributed by atoms with Crippen LogP contribution in [0.5, 0.6) is 0 Å². The van der Waals surface area contributed by atoms with Crippen LogP contribution in [0.2, 0.25) is 0 Å². The molecule has 1 fully saturated rings. The number of methoxy groups -OCH3 is 1. The van der Waals surface area contributed by atoms with Gasteiger partial charge in [0.15, 0.2) is 0 Å². The second-order valence-electron chi connectivity index (χ2n) is 5.56. The topological polar surface area (TPSA) is 85.8 Å². The van der Waals surface area contributed by atoms with Crippen LogP contribution >= 0.6 is 0 Å². The SMILES string of the molecule is CO[C@H]1C[C@@H](C(N)=O)N(C(=O)c2cccc(-c3ccoc3)c2)C1. The van der Waals surface area contributed by atoms with Crippen LogP contribution < -0.4 is 5.73 Å². The number of hydrogen-bond acceptors (Lipinski definition) is 4. The van der Waals surface area contributed by atoms with Crippen LogP contribution in [0.3, 0.4) is 0 Å². The third-order valence-electron chi connectivity index (χ3n) is 4.15. The van der Waals surface area contributed by atoms with E-state index in [1.54, 1.807) is 37.8 Å². The Bertz CT molecular complexity index is 711. The van der Waals surface area contributed by atoms with Gasteiger partial charge in [-0.25, -0.2) is 0 Å². The Morgan fingerprint density at radius 1 is 1.30 bits per heavy atom. The van der Waals surface area contributed by atoms with Crippen molar-refractivity contribution in [1.29, 1.82) is 0 Å². The number of ether oxygens (including phenoxy) is 1. The molecule has 23 heavy (non-hydrogen) atoms. The van der Waals surface area contributed by atoms with Gasteiger partial charge in [0.05, 0.1) is 18.6 Å². The number of nitrogens with two attached hydrogens (primary N) is 1. The minimum Gasteiger partial charge on any atom is -0.472 e. The van der Waals surface area contributed by atoms with Crippen LogP contribution in [-0.2, 0) is 9.53 Å². The molecule has 2 N–H and O–H groups in total. The first-order chi connectivity index (χ1) is 11.1. The fourth-order valence-corrected chi connectivity index (χ4v) is 2.89. The Labute approximate surface area is 133 Å². The largest absolute Gasteiger partial charge is 0.472 e. The number of furan rings is 1.